The van der Waals surface area contributed by atoms with Gasteiger partial charge in [0.15, 0.2) is 0 Å². The third-order valence-corrected chi connectivity index (χ3v) is 1.58. The van der Waals surface area contributed by atoms with Gasteiger partial charge in [0.05, 0.1) is 6.54 Å². The average molecular weight is 269 g/mol. The van der Waals surface area contributed by atoms with Crippen molar-refractivity contribution in [3.63, 3.8) is 0 Å². The molecule has 1 atom stereocenters. The van der Waals surface area contributed by atoms with E-state index < -0.39 is 5.97 Å². The molecule has 0 aromatic rings. The Morgan fingerprint density at radius 1 is 1.57 bits per heavy atom. The molecule has 14 heavy (non-hydrogen) atoms. The summed E-state index contributed by atoms with van der Waals surface area (Å²) < 4.78 is 0. The van der Waals surface area contributed by atoms with Crippen LogP contribution in [-0.4, -0.2) is 52.3 Å². The molecule has 88 valence electrons. The van der Waals surface area contributed by atoms with Crippen molar-refractivity contribution in [3.8, 4) is 0 Å². The number of carbonyl (C=O) groups is 1. The van der Waals surface area contributed by atoms with Crippen molar-refractivity contribution in [2.75, 3.05) is 25.5 Å². The van der Waals surface area contributed by atoms with Crippen LogP contribution >= 0.6 is 35.6 Å². The summed E-state index contributed by atoms with van der Waals surface area (Å²) in [7, 11) is 0. The molecule has 0 bridgehead atoms. The number of aliphatic carboxylic acids is 1. The molecule has 0 heterocycles. The highest BCUT2D eigenvalue weighted by atomic mass is 35.5. The standard InChI is InChI=1S/C7H13Cl2NO2.ClH.H2O/c1-6(9)4-10(3-2-8)5-7(11)12;;/h6H,2-5H2,1H3,(H,11,12);1H;1H2. The minimum atomic E-state index is -0.850. The molecule has 1 unspecified atom stereocenters. The third-order valence-electron chi connectivity index (χ3n) is 1.27. The van der Waals surface area contributed by atoms with Crippen LogP contribution in [0, 0.1) is 0 Å². The maximum atomic E-state index is 10.3. The first kappa shape index (κ1) is 19.8. The van der Waals surface area contributed by atoms with E-state index in [2.05, 4.69) is 0 Å². The molecule has 0 aromatic heterocycles. The lowest BCUT2D eigenvalue weighted by molar-refractivity contribution is -0.138. The zero-order chi connectivity index (χ0) is 9.56. The summed E-state index contributed by atoms with van der Waals surface area (Å²) in [5.74, 6) is -0.422. The minimum absolute atomic E-state index is 0. The molecule has 0 aliphatic rings. The Bertz CT molecular complexity index is 146. The van der Waals surface area contributed by atoms with E-state index in [0.29, 0.717) is 19.0 Å². The molecule has 0 radical (unpaired) electrons. The van der Waals surface area contributed by atoms with Gasteiger partial charge in [-0.1, -0.05) is 0 Å². The van der Waals surface area contributed by atoms with E-state index in [0.717, 1.165) is 0 Å². The second kappa shape index (κ2) is 11.3. The Morgan fingerprint density at radius 3 is 2.36 bits per heavy atom. The number of rotatable bonds is 6. The van der Waals surface area contributed by atoms with Gasteiger partial charge in [-0.2, -0.15) is 0 Å². The number of hydrogen-bond acceptors (Lipinski definition) is 2. The molecule has 0 saturated carbocycles. The summed E-state index contributed by atoms with van der Waals surface area (Å²) in [4.78, 5) is 12.1. The third kappa shape index (κ3) is 12.3. The van der Waals surface area contributed by atoms with Gasteiger partial charge >= 0.3 is 5.97 Å². The molecule has 3 N–H and O–H groups in total. The van der Waals surface area contributed by atoms with Crippen molar-refractivity contribution in [2.45, 2.75) is 12.3 Å². The Morgan fingerprint density at radius 2 is 2.07 bits per heavy atom. The molecule has 0 rings (SSSR count). The average Bonchev–Trinajstić information content (AvgIpc) is 1.84. The number of carboxylic acid groups (broad SMARTS) is 1. The summed E-state index contributed by atoms with van der Waals surface area (Å²) in [6.45, 7) is 2.94. The number of nitrogens with zero attached hydrogens (tertiary/aromatic N) is 1. The van der Waals surface area contributed by atoms with E-state index >= 15 is 0 Å². The largest absolute Gasteiger partial charge is 0.480 e. The fourth-order valence-electron chi connectivity index (χ4n) is 0.901. The molecule has 4 nitrogen and oxygen atoms in total. The smallest absolute Gasteiger partial charge is 0.317 e. The Labute approximate surface area is 99.9 Å². The number of halogens is 3. The Hall–Kier alpha value is 0.260. The highest BCUT2D eigenvalue weighted by Crippen LogP contribution is 1.99. The molecule has 0 aromatic carbocycles. The van der Waals surface area contributed by atoms with Crippen molar-refractivity contribution >= 4 is 41.6 Å². The van der Waals surface area contributed by atoms with Crippen LogP contribution in [0.1, 0.15) is 6.92 Å². The first-order chi connectivity index (χ1) is 5.56. The fourth-order valence-corrected chi connectivity index (χ4v) is 1.34. The van der Waals surface area contributed by atoms with Crippen molar-refractivity contribution in [1.29, 1.82) is 0 Å². The zero-order valence-corrected chi connectivity index (χ0v) is 10.2. The van der Waals surface area contributed by atoms with Gasteiger partial charge in [0.25, 0.3) is 0 Å². The number of carboxylic acids is 1. The van der Waals surface area contributed by atoms with E-state index in [1.165, 1.54) is 0 Å². The molecule has 0 amide bonds. The van der Waals surface area contributed by atoms with Gasteiger partial charge in [-0.3, -0.25) is 9.69 Å². The van der Waals surface area contributed by atoms with E-state index in [4.69, 9.17) is 28.3 Å². The number of hydrogen-bond donors (Lipinski definition) is 1. The van der Waals surface area contributed by atoms with E-state index in [9.17, 15) is 4.79 Å². The normalized spacial score (nSPS) is 11.4. The van der Waals surface area contributed by atoms with Crippen LogP contribution in [0.3, 0.4) is 0 Å². The molecule has 0 saturated heterocycles. The predicted molar refractivity (Wildman–Crippen MR) is 61.0 cm³/mol. The van der Waals surface area contributed by atoms with Crippen LogP contribution in [0.25, 0.3) is 0 Å². The van der Waals surface area contributed by atoms with Crippen LogP contribution in [0.5, 0.6) is 0 Å². The monoisotopic (exact) mass is 267 g/mol. The molecular formula is C7H16Cl3NO3. The van der Waals surface area contributed by atoms with E-state index in [1.807, 2.05) is 6.92 Å². The maximum Gasteiger partial charge on any atom is 0.317 e. The summed E-state index contributed by atoms with van der Waals surface area (Å²) in [6.07, 6.45) is 0. The second-order valence-corrected chi connectivity index (χ2v) is 3.72. The van der Waals surface area contributed by atoms with Crippen LogP contribution in [-0.2, 0) is 4.79 Å². The maximum absolute atomic E-state index is 10.3. The van der Waals surface area contributed by atoms with Gasteiger partial charge < -0.3 is 10.6 Å². The first-order valence-electron chi connectivity index (χ1n) is 3.70. The van der Waals surface area contributed by atoms with Crippen LogP contribution < -0.4 is 0 Å². The van der Waals surface area contributed by atoms with Crippen molar-refractivity contribution in [3.05, 3.63) is 0 Å². The van der Waals surface area contributed by atoms with Gasteiger partial charge in [0.2, 0.25) is 0 Å². The van der Waals surface area contributed by atoms with Gasteiger partial charge in [-0.25, -0.2) is 0 Å². The first-order valence-corrected chi connectivity index (χ1v) is 4.67. The molecule has 0 aliphatic heterocycles. The lowest BCUT2D eigenvalue weighted by Gasteiger charge is -2.19. The zero-order valence-electron chi connectivity index (χ0n) is 7.87. The lowest BCUT2D eigenvalue weighted by atomic mass is 10.4. The van der Waals surface area contributed by atoms with E-state index in [-0.39, 0.29) is 29.8 Å². The summed E-state index contributed by atoms with van der Waals surface area (Å²) in [5.41, 5.74) is 0. The van der Waals surface area contributed by atoms with Crippen molar-refractivity contribution < 1.29 is 15.4 Å². The van der Waals surface area contributed by atoms with Gasteiger partial charge in [0.1, 0.15) is 0 Å². The molecular weight excluding hydrogens is 252 g/mol. The van der Waals surface area contributed by atoms with Crippen LogP contribution in [0.15, 0.2) is 0 Å². The summed E-state index contributed by atoms with van der Waals surface area (Å²) >= 11 is 11.2. The van der Waals surface area contributed by atoms with Crippen molar-refractivity contribution in [2.24, 2.45) is 0 Å². The highest BCUT2D eigenvalue weighted by molar-refractivity contribution is 6.20. The van der Waals surface area contributed by atoms with E-state index in [1.54, 1.807) is 4.90 Å². The number of alkyl halides is 2. The van der Waals surface area contributed by atoms with Gasteiger partial charge in [-0.15, -0.1) is 35.6 Å². The highest BCUT2D eigenvalue weighted by Gasteiger charge is 2.10. The Balaban J connectivity index is -0.000000605. The Kier molecular flexibility index (Phi) is 16.0. The predicted octanol–water partition coefficient (Wildman–Crippen LogP) is 0.836. The van der Waals surface area contributed by atoms with Crippen LogP contribution in [0.4, 0.5) is 0 Å². The molecule has 0 fully saturated rings. The second-order valence-electron chi connectivity index (χ2n) is 2.60. The lowest BCUT2D eigenvalue weighted by Crippen LogP contribution is -2.35. The topological polar surface area (TPSA) is 72.0 Å². The minimum Gasteiger partial charge on any atom is -0.480 e. The van der Waals surface area contributed by atoms with Gasteiger partial charge in [-0.05, 0) is 6.92 Å². The summed E-state index contributed by atoms with van der Waals surface area (Å²) in [5, 5.41) is 8.45. The van der Waals surface area contributed by atoms with Gasteiger partial charge in [0, 0.05) is 24.3 Å². The molecule has 0 aliphatic carbocycles. The molecule has 0 spiro atoms. The summed E-state index contributed by atoms with van der Waals surface area (Å²) in [6, 6.07) is 0. The fraction of sp³-hybridized carbons (Fsp3) is 0.857. The SMILES string of the molecule is CC(Cl)CN(CCCl)CC(=O)O.Cl.O. The van der Waals surface area contributed by atoms with Crippen LogP contribution in [0.2, 0.25) is 0 Å². The quantitative estimate of drug-likeness (QED) is 0.726. The van der Waals surface area contributed by atoms with Crippen molar-refractivity contribution in [1.82, 2.24) is 4.90 Å². The molecule has 7 heteroatoms.